The molecule has 0 spiro atoms. The smallest absolute Gasteiger partial charge is 0.191 e. The summed E-state index contributed by atoms with van der Waals surface area (Å²) in [6, 6.07) is 1.07. The van der Waals surface area contributed by atoms with Crippen molar-refractivity contribution in [2.75, 3.05) is 18.1 Å². The Balaban J connectivity index is 1.36. The summed E-state index contributed by atoms with van der Waals surface area (Å²) in [6.45, 7) is 0.639. The Morgan fingerprint density at radius 1 is 0.846 bits per heavy atom. The van der Waals surface area contributed by atoms with E-state index in [1.54, 1.807) is 0 Å². The summed E-state index contributed by atoms with van der Waals surface area (Å²) < 4.78 is 23.4. The molecule has 6 heteroatoms. The lowest BCUT2D eigenvalue weighted by molar-refractivity contribution is 0.239. The van der Waals surface area contributed by atoms with Crippen LogP contribution in [0, 0.1) is 17.8 Å². The van der Waals surface area contributed by atoms with Crippen LogP contribution in [0.4, 0.5) is 0 Å². The summed E-state index contributed by atoms with van der Waals surface area (Å²) in [5.41, 5.74) is 0. The first-order valence-electron chi connectivity index (χ1n) is 10.9. The Morgan fingerprint density at radius 3 is 2.38 bits per heavy atom. The van der Waals surface area contributed by atoms with Gasteiger partial charge in [-0.1, -0.05) is 32.1 Å². The average molecular weight is 382 g/mol. The molecule has 5 nitrogen and oxygen atoms in total. The van der Waals surface area contributed by atoms with Crippen LogP contribution in [-0.2, 0) is 9.84 Å². The third-order valence-electron chi connectivity index (χ3n) is 7.16. The molecule has 1 heterocycles. The van der Waals surface area contributed by atoms with Gasteiger partial charge in [0.15, 0.2) is 15.8 Å². The molecule has 1 aliphatic heterocycles. The van der Waals surface area contributed by atoms with Crippen LogP contribution in [0.15, 0.2) is 4.99 Å². The van der Waals surface area contributed by atoms with Gasteiger partial charge in [0, 0.05) is 18.6 Å². The molecular weight excluding hydrogens is 346 g/mol. The summed E-state index contributed by atoms with van der Waals surface area (Å²) in [6.07, 6.45) is 14.0. The highest BCUT2D eigenvalue weighted by Gasteiger charge is 2.34. The number of rotatable bonds is 4. The van der Waals surface area contributed by atoms with E-state index in [2.05, 4.69) is 10.6 Å². The van der Waals surface area contributed by atoms with E-state index < -0.39 is 9.84 Å². The molecule has 0 aromatic rings. The van der Waals surface area contributed by atoms with Crippen molar-refractivity contribution in [3.8, 4) is 0 Å². The van der Waals surface area contributed by atoms with Gasteiger partial charge in [-0.15, -0.1) is 0 Å². The quantitative estimate of drug-likeness (QED) is 0.580. The number of aliphatic imine (C=N–C) groups is 1. The second-order valence-electron chi connectivity index (χ2n) is 9.19. The van der Waals surface area contributed by atoms with Gasteiger partial charge in [0.1, 0.15) is 0 Å². The van der Waals surface area contributed by atoms with E-state index in [0.717, 1.165) is 24.2 Å². The third-order valence-corrected chi connectivity index (χ3v) is 9.00. The van der Waals surface area contributed by atoms with Gasteiger partial charge in [-0.25, -0.2) is 8.42 Å². The summed E-state index contributed by atoms with van der Waals surface area (Å²) >= 11 is 0. The van der Waals surface area contributed by atoms with Crippen molar-refractivity contribution in [3.63, 3.8) is 0 Å². The molecule has 4 rings (SSSR count). The number of fused-ring (bicyclic) bond motifs is 1. The first-order valence-corrected chi connectivity index (χ1v) is 12.7. The van der Waals surface area contributed by atoms with Crippen LogP contribution in [0.2, 0.25) is 0 Å². The molecule has 4 fully saturated rings. The number of nitrogens with one attached hydrogen (secondary N) is 2. The van der Waals surface area contributed by atoms with Crippen LogP contribution in [0.25, 0.3) is 0 Å². The normalized spacial score (nSPS) is 37.6. The van der Waals surface area contributed by atoms with Crippen molar-refractivity contribution < 1.29 is 8.42 Å². The van der Waals surface area contributed by atoms with Crippen molar-refractivity contribution in [3.05, 3.63) is 0 Å². The Morgan fingerprint density at radius 2 is 1.62 bits per heavy atom. The molecule has 0 radical (unpaired) electrons. The maximum atomic E-state index is 11.7. The molecule has 0 amide bonds. The summed E-state index contributed by atoms with van der Waals surface area (Å²) in [5, 5.41) is 7.39. The Labute approximate surface area is 158 Å². The summed E-state index contributed by atoms with van der Waals surface area (Å²) in [5.74, 6) is 3.70. The van der Waals surface area contributed by atoms with E-state index in [4.69, 9.17) is 4.99 Å². The number of nitrogens with zero attached hydrogens (tertiary/aromatic N) is 1. The van der Waals surface area contributed by atoms with Crippen LogP contribution < -0.4 is 10.6 Å². The second-order valence-corrected chi connectivity index (χ2v) is 11.4. The fourth-order valence-corrected chi connectivity index (χ4v) is 7.51. The minimum atomic E-state index is -2.81. The molecule has 3 saturated carbocycles. The van der Waals surface area contributed by atoms with Crippen LogP contribution in [0.5, 0.6) is 0 Å². The highest BCUT2D eigenvalue weighted by Crippen LogP contribution is 2.42. The standard InChI is InChI=1S/C20H35N3O2S/c24-26(25)11-10-15(14-26)13-21-20(22-18-6-1-2-7-18)23-19-9-8-16-4-3-5-17(16)12-19/h15-19H,1-14H2,(H2,21,22,23). The van der Waals surface area contributed by atoms with E-state index in [9.17, 15) is 8.42 Å². The minimum absolute atomic E-state index is 0.202. The zero-order chi connectivity index (χ0) is 18.0. The molecule has 2 N–H and O–H groups in total. The molecule has 4 atom stereocenters. The van der Waals surface area contributed by atoms with E-state index >= 15 is 0 Å². The van der Waals surface area contributed by atoms with Gasteiger partial charge in [-0.05, 0) is 56.3 Å². The predicted molar refractivity (Wildman–Crippen MR) is 106 cm³/mol. The average Bonchev–Trinajstić information content (AvgIpc) is 3.33. The maximum absolute atomic E-state index is 11.7. The van der Waals surface area contributed by atoms with Crippen molar-refractivity contribution in [1.29, 1.82) is 0 Å². The second kappa shape index (κ2) is 8.07. The van der Waals surface area contributed by atoms with E-state index in [1.165, 1.54) is 64.2 Å². The Kier molecular flexibility index (Phi) is 5.77. The molecular formula is C20H35N3O2S. The van der Waals surface area contributed by atoms with Crippen molar-refractivity contribution in [2.24, 2.45) is 22.7 Å². The van der Waals surface area contributed by atoms with Gasteiger partial charge in [0.25, 0.3) is 0 Å². The molecule has 3 aliphatic carbocycles. The van der Waals surface area contributed by atoms with Gasteiger partial charge in [-0.3, -0.25) is 4.99 Å². The third kappa shape index (κ3) is 4.73. The van der Waals surface area contributed by atoms with E-state index in [0.29, 0.717) is 30.1 Å². The highest BCUT2D eigenvalue weighted by molar-refractivity contribution is 7.91. The molecule has 0 bridgehead atoms. The van der Waals surface area contributed by atoms with Gasteiger partial charge in [-0.2, -0.15) is 0 Å². The van der Waals surface area contributed by atoms with Crippen LogP contribution in [0.3, 0.4) is 0 Å². The van der Waals surface area contributed by atoms with Crippen molar-refractivity contribution >= 4 is 15.8 Å². The minimum Gasteiger partial charge on any atom is -0.354 e. The first-order chi connectivity index (χ1) is 12.6. The predicted octanol–water partition coefficient (Wildman–Crippen LogP) is 2.87. The molecule has 26 heavy (non-hydrogen) atoms. The SMILES string of the molecule is O=S1(=O)CCC(CN=C(NC2CCCC2)NC2CCC3CCCC3C2)C1. The first kappa shape index (κ1) is 18.6. The van der Waals surface area contributed by atoms with Gasteiger partial charge < -0.3 is 10.6 Å². The lowest BCUT2D eigenvalue weighted by Gasteiger charge is -2.33. The summed E-state index contributed by atoms with van der Waals surface area (Å²) in [7, 11) is -2.81. The van der Waals surface area contributed by atoms with Gasteiger partial charge >= 0.3 is 0 Å². The van der Waals surface area contributed by atoms with Crippen molar-refractivity contribution in [2.45, 2.75) is 82.7 Å². The molecule has 0 aromatic heterocycles. The Bertz CT molecular complexity index is 613. The van der Waals surface area contributed by atoms with E-state index in [1.807, 2.05) is 0 Å². The topological polar surface area (TPSA) is 70.6 Å². The summed E-state index contributed by atoms with van der Waals surface area (Å²) in [4.78, 5) is 4.84. The van der Waals surface area contributed by atoms with Crippen LogP contribution in [-0.4, -0.2) is 44.5 Å². The van der Waals surface area contributed by atoms with Crippen molar-refractivity contribution in [1.82, 2.24) is 10.6 Å². The van der Waals surface area contributed by atoms with Crippen LogP contribution in [0.1, 0.15) is 70.6 Å². The van der Waals surface area contributed by atoms with Gasteiger partial charge in [0.05, 0.1) is 11.5 Å². The monoisotopic (exact) mass is 381 g/mol. The van der Waals surface area contributed by atoms with E-state index in [-0.39, 0.29) is 5.92 Å². The lowest BCUT2D eigenvalue weighted by Crippen LogP contribution is -2.48. The fraction of sp³-hybridized carbons (Fsp3) is 0.950. The number of guanidine groups is 1. The molecule has 4 unspecified atom stereocenters. The number of hydrogen-bond donors (Lipinski definition) is 2. The molecule has 148 valence electrons. The zero-order valence-electron chi connectivity index (χ0n) is 16.0. The number of sulfone groups is 1. The fourth-order valence-electron chi connectivity index (χ4n) is 5.66. The largest absolute Gasteiger partial charge is 0.354 e. The van der Waals surface area contributed by atoms with Gasteiger partial charge in [0.2, 0.25) is 0 Å². The van der Waals surface area contributed by atoms with Crippen LogP contribution >= 0.6 is 0 Å². The highest BCUT2D eigenvalue weighted by atomic mass is 32.2. The molecule has 4 aliphatic rings. The number of hydrogen-bond acceptors (Lipinski definition) is 3. The molecule has 1 saturated heterocycles. The maximum Gasteiger partial charge on any atom is 0.191 e. The molecule has 0 aromatic carbocycles. The lowest BCUT2D eigenvalue weighted by atomic mass is 9.79. The Hall–Kier alpha value is -0.780. The zero-order valence-corrected chi connectivity index (χ0v) is 16.8.